The molecule has 1 saturated heterocycles. The van der Waals surface area contributed by atoms with Gasteiger partial charge in [-0.05, 0) is 25.8 Å². The molecule has 3 unspecified atom stereocenters. The first-order valence-corrected chi connectivity index (χ1v) is 6.33. The Morgan fingerprint density at radius 2 is 2.06 bits per heavy atom. The number of nitrogens with one attached hydrogen (secondary N) is 2. The maximum Gasteiger partial charge on any atom is 0.404 e. The monoisotopic (exact) mass is 266 g/mol. The SMILES string of the molecule is CCC(C)C(C)NC(=O)C1(C(F)(F)F)CCNC1. The molecule has 0 aromatic heterocycles. The highest BCUT2D eigenvalue weighted by atomic mass is 19.4. The molecule has 1 heterocycles. The third kappa shape index (κ3) is 2.79. The second-order valence-electron chi connectivity index (χ2n) is 5.15. The Hall–Kier alpha value is -0.780. The molecule has 0 saturated carbocycles. The first-order valence-electron chi connectivity index (χ1n) is 6.33. The van der Waals surface area contributed by atoms with E-state index >= 15 is 0 Å². The number of rotatable bonds is 4. The lowest BCUT2D eigenvalue weighted by Crippen LogP contribution is -2.54. The molecule has 106 valence electrons. The third-order valence-corrected chi connectivity index (χ3v) is 3.99. The first kappa shape index (κ1) is 15.3. The molecular weight excluding hydrogens is 245 g/mol. The van der Waals surface area contributed by atoms with Crippen molar-refractivity contribution in [1.82, 2.24) is 10.6 Å². The summed E-state index contributed by atoms with van der Waals surface area (Å²) in [6, 6.07) is -0.248. The topological polar surface area (TPSA) is 41.1 Å². The summed E-state index contributed by atoms with van der Waals surface area (Å²) in [5, 5.41) is 5.16. The van der Waals surface area contributed by atoms with Crippen LogP contribution in [0.2, 0.25) is 0 Å². The van der Waals surface area contributed by atoms with Crippen LogP contribution in [-0.4, -0.2) is 31.2 Å². The van der Waals surface area contributed by atoms with Crippen molar-refractivity contribution < 1.29 is 18.0 Å². The summed E-state index contributed by atoms with van der Waals surface area (Å²) in [6.45, 7) is 5.51. The van der Waals surface area contributed by atoms with Gasteiger partial charge in [0.25, 0.3) is 0 Å². The van der Waals surface area contributed by atoms with Crippen molar-refractivity contribution in [3.63, 3.8) is 0 Å². The molecule has 18 heavy (non-hydrogen) atoms. The number of halogens is 3. The van der Waals surface area contributed by atoms with Crippen LogP contribution in [0.1, 0.15) is 33.6 Å². The van der Waals surface area contributed by atoms with Gasteiger partial charge in [0.1, 0.15) is 0 Å². The molecular formula is C12H21F3N2O. The van der Waals surface area contributed by atoms with Gasteiger partial charge >= 0.3 is 6.18 Å². The van der Waals surface area contributed by atoms with E-state index in [0.29, 0.717) is 0 Å². The van der Waals surface area contributed by atoms with E-state index in [2.05, 4.69) is 10.6 Å². The summed E-state index contributed by atoms with van der Waals surface area (Å²) in [4.78, 5) is 12.0. The normalized spacial score (nSPS) is 27.9. The molecule has 1 amide bonds. The van der Waals surface area contributed by atoms with E-state index in [1.54, 1.807) is 6.92 Å². The van der Waals surface area contributed by atoms with E-state index in [4.69, 9.17) is 0 Å². The van der Waals surface area contributed by atoms with Crippen LogP contribution in [0.4, 0.5) is 13.2 Å². The zero-order valence-electron chi connectivity index (χ0n) is 11.0. The molecule has 2 N–H and O–H groups in total. The summed E-state index contributed by atoms with van der Waals surface area (Å²) in [7, 11) is 0. The highest BCUT2D eigenvalue weighted by Gasteiger charge is 2.61. The average molecular weight is 266 g/mol. The van der Waals surface area contributed by atoms with Crippen LogP contribution < -0.4 is 10.6 Å². The van der Waals surface area contributed by atoms with E-state index in [0.717, 1.165) is 6.42 Å². The van der Waals surface area contributed by atoms with Crippen LogP contribution in [0.15, 0.2) is 0 Å². The highest BCUT2D eigenvalue weighted by molar-refractivity contribution is 5.84. The molecule has 0 aromatic carbocycles. The number of alkyl halides is 3. The fourth-order valence-electron chi connectivity index (χ4n) is 2.10. The molecule has 0 aromatic rings. The first-order chi connectivity index (χ1) is 8.24. The Balaban J connectivity index is 2.79. The molecule has 0 spiro atoms. The van der Waals surface area contributed by atoms with Gasteiger partial charge in [0, 0.05) is 12.6 Å². The number of hydrogen-bond donors (Lipinski definition) is 2. The summed E-state index contributed by atoms with van der Waals surface area (Å²) < 4.78 is 39.3. The fourth-order valence-corrected chi connectivity index (χ4v) is 2.10. The van der Waals surface area contributed by atoms with Crippen LogP contribution in [0, 0.1) is 11.3 Å². The zero-order chi connectivity index (χ0) is 14.0. The Labute approximate surface area is 106 Å². The maximum absolute atomic E-state index is 13.1. The molecule has 3 atom stereocenters. The van der Waals surface area contributed by atoms with Crippen molar-refractivity contribution in [3.8, 4) is 0 Å². The molecule has 0 aliphatic carbocycles. The van der Waals surface area contributed by atoms with Crippen LogP contribution in [0.25, 0.3) is 0 Å². The fraction of sp³-hybridized carbons (Fsp3) is 0.917. The minimum Gasteiger partial charge on any atom is -0.353 e. The van der Waals surface area contributed by atoms with E-state index in [1.807, 2.05) is 13.8 Å². The molecule has 1 aliphatic rings. The van der Waals surface area contributed by atoms with Gasteiger partial charge in [-0.15, -0.1) is 0 Å². The Morgan fingerprint density at radius 1 is 1.44 bits per heavy atom. The van der Waals surface area contributed by atoms with Crippen molar-refractivity contribution in [1.29, 1.82) is 0 Å². The maximum atomic E-state index is 13.1. The molecule has 1 fully saturated rings. The summed E-state index contributed by atoms with van der Waals surface area (Å²) in [5.41, 5.74) is -2.26. The predicted octanol–water partition coefficient (Wildman–Crippen LogP) is 2.08. The number of hydrogen-bond acceptors (Lipinski definition) is 2. The Morgan fingerprint density at radius 3 is 2.44 bits per heavy atom. The standard InChI is InChI=1S/C12H21F3N2O/c1-4-8(2)9(3)17-10(18)11(12(13,14)15)5-6-16-7-11/h8-9,16H,4-7H2,1-3H3,(H,17,18). The minimum absolute atomic E-state index is 0.161. The van der Waals surface area contributed by atoms with Crippen LogP contribution in [0.3, 0.4) is 0 Å². The quantitative estimate of drug-likeness (QED) is 0.818. The van der Waals surface area contributed by atoms with Crippen LogP contribution in [-0.2, 0) is 4.79 Å². The lowest BCUT2D eigenvalue weighted by Gasteiger charge is -2.32. The molecule has 0 radical (unpaired) electrons. The molecule has 3 nitrogen and oxygen atoms in total. The second kappa shape index (κ2) is 5.47. The van der Waals surface area contributed by atoms with Gasteiger partial charge in [0.2, 0.25) is 5.91 Å². The number of carbonyl (C=O) groups is 1. The van der Waals surface area contributed by atoms with Gasteiger partial charge in [-0.25, -0.2) is 0 Å². The lowest BCUT2D eigenvalue weighted by molar-refractivity contribution is -0.216. The van der Waals surface area contributed by atoms with Gasteiger partial charge in [0.15, 0.2) is 5.41 Å². The Bertz CT molecular complexity index is 298. The van der Waals surface area contributed by atoms with Gasteiger partial charge < -0.3 is 10.6 Å². The van der Waals surface area contributed by atoms with E-state index in [1.165, 1.54) is 0 Å². The minimum atomic E-state index is -4.50. The molecule has 1 rings (SSSR count). The van der Waals surface area contributed by atoms with Crippen molar-refractivity contribution in [2.75, 3.05) is 13.1 Å². The van der Waals surface area contributed by atoms with E-state index < -0.39 is 17.5 Å². The van der Waals surface area contributed by atoms with Crippen LogP contribution >= 0.6 is 0 Å². The largest absolute Gasteiger partial charge is 0.404 e. The summed E-state index contributed by atoms with van der Waals surface area (Å²) in [5.74, 6) is -0.735. The molecule has 6 heteroatoms. The zero-order valence-corrected chi connectivity index (χ0v) is 11.0. The van der Waals surface area contributed by atoms with Crippen molar-refractivity contribution >= 4 is 5.91 Å². The van der Waals surface area contributed by atoms with Crippen molar-refractivity contribution in [3.05, 3.63) is 0 Å². The second-order valence-corrected chi connectivity index (χ2v) is 5.15. The summed E-state index contributed by atoms with van der Waals surface area (Å²) in [6.07, 6.45) is -3.87. The number of amides is 1. The molecule has 0 bridgehead atoms. The van der Waals surface area contributed by atoms with Gasteiger partial charge in [-0.1, -0.05) is 20.3 Å². The van der Waals surface area contributed by atoms with Gasteiger partial charge in [-0.2, -0.15) is 13.2 Å². The van der Waals surface area contributed by atoms with Crippen LogP contribution in [0.5, 0.6) is 0 Å². The number of carbonyl (C=O) groups excluding carboxylic acids is 1. The van der Waals surface area contributed by atoms with Crippen molar-refractivity contribution in [2.24, 2.45) is 11.3 Å². The highest BCUT2D eigenvalue weighted by Crippen LogP contribution is 2.43. The van der Waals surface area contributed by atoms with Crippen molar-refractivity contribution in [2.45, 2.75) is 45.8 Å². The average Bonchev–Trinajstić information content (AvgIpc) is 2.77. The smallest absolute Gasteiger partial charge is 0.353 e. The summed E-state index contributed by atoms with van der Waals surface area (Å²) >= 11 is 0. The van der Waals surface area contributed by atoms with Gasteiger partial charge in [0.05, 0.1) is 0 Å². The van der Waals surface area contributed by atoms with E-state index in [-0.39, 0.29) is 31.5 Å². The predicted molar refractivity (Wildman–Crippen MR) is 63.0 cm³/mol. The Kier molecular flexibility index (Phi) is 4.64. The van der Waals surface area contributed by atoms with Gasteiger partial charge in [-0.3, -0.25) is 4.79 Å². The lowest BCUT2D eigenvalue weighted by atomic mass is 9.84. The third-order valence-electron chi connectivity index (χ3n) is 3.99. The molecule has 1 aliphatic heterocycles. The van der Waals surface area contributed by atoms with E-state index in [9.17, 15) is 18.0 Å².